The van der Waals surface area contributed by atoms with Crippen molar-refractivity contribution in [2.75, 3.05) is 33.4 Å². The summed E-state index contributed by atoms with van der Waals surface area (Å²) in [6.45, 7) is 4.98. The highest BCUT2D eigenvalue weighted by molar-refractivity contribution is 5.26. The van der Waals surface area contributed by atoms with Crippen LogP contribution in [0.2, 0.25) is 0 Å². The smallest absolute Gasteiger partial charge is 0.217 e. The van der Waals surface area contributed by atoms with Gasteiger partial charge in [-0.1, -0.05) is 12.1 Å². The second kappa shape index (κ2) is 8.33. The molecular weight excluding hydrogens is 342 g/mol. The van der Waals surface area contributed by atoms with Gasteiger partial charge in [0, 0.05) is 50.8 Å². The molecule has 144 valence electrons. The minimum Gasteiger partial charge on any atom is -0.481 e. The Morgan fingerprint density at radius 3 is 2.89 bits per heavy atom. The second-order valence-electron chi connectivity index (χ2n) is 7.38. The second-order valence-corrected chi connectivity index (χ2v) is 7.38. The molecule has 0 bridgehead atoms. The number of hydrogen-bond donors (Lipinski definition) is 0. The summed E-state index contributed by atoms with van der Waals surface area (Å²) in [7, 11) is 1.67. The van der Waals surface area contributed by atoms with Crippen molar-refractivity contribution in [3.63, 3.8) is 0 Å². The molecule has 0 aromatic carbocycles. The Labute approximate surface area is 160 Å². The zero-order valence-corrected chi connectivity index (χ0v) is 15.8. The van der Waals surface area contributed by atoms with Crippen molar-refractivity contribution >= 4 is 0 Å². The van der Waals surface area contributed by atoms with Crippen LogP contribution in [-0.4, -0.2) is 53.9 Å². The molecule has 2 saturated heterocycles. The van der Waals surface area contributed by atoms with E-state index in [0.29, 0.717) is 18.4 Å². The number of ether oxygens (including phenoxy) is 3. The van der Waals surface area contributed by atoms with Gasteiger partial charge in [0.15, 0.2) is 0 Å². The third-order valence-corrected chi connectivity index (χ3v) is 5.61. The van der Waals surface area contributed by atoms with Crippen molar-refractivity contribution in [1.82, 2.24) is 14.9 Å². The Hall–Kier alpha value is -2.02. The third kappa shape index (κ3) is 4.13. The zero-order chi connectivity index (χ0) is 18.5. The minimum absolute atomic E-state index is 0.00377. The van der Waals surface area contributed by atoms with Crippen LogP contribution in [0.4, 0.5) is 0 Å². The first-order chi connectivity index (χ1) is 13.3. The molecule has 1 atom stereocenters. The van der Waals surface area contributed by atoms with Crippen LogP contribution in [0.25, 0.3) is 0 Å². The molecule has 2 aliphatic rings. The largest absolute Gasteiger partial charge is 0.481 e. The highest BCUT2D eigenvalue weighted by Crippen LogP contribution is 2.42. The van der Waals surface area contributed by atoms with Gasteiger partial charge in [0.25, 0.3) is 0 Å². The van der Waals surface area contributed by atoms with Crippen molar-refractivity contribution in [1.29, 1.82) is 0 Å². The van der Waals surface area contributed by atoms with Crippen LogP contribution in [0, 0.1) is 5.92 Å². The summed E-state index contributed by atoms with van der Waals surface area (Å²) in [6.07, 6.45) is 5.73. The van der Waals surface area contributed by atoms with E-state index in [9.17, 15) is 0 Å². The van der Waals surface area contributed by atoms with E-state index in [1.807, 2.05) is 24.3 Å². The van der Waals surface area contributed by atoms with Crippen LogP contribution in [0.5, 0.6) is 5.88 Å². The lowest BCUT2D eigenvalue weighted by molar-refractivity contribution is -0.139. The zero-order valence-electron chi connectivity index (χ0n) is 15.8. The minimum atomic E-state index is 0.00377. The monoisotopic (exact) mass is 369 g/mol. The Morgan fingerprint density at radius 1 is 1.19 bits per heavy atom. The van der Waals surface area contributed by atoms with E-state index >= 15 is 0 Å². The van der Waals surface area contributed by atoms with E-state index in [4.69, 9.17) is 14.2 Å². The maximum atomic E-state index is 6.17. The first kappa shape index (κ1) is 18.3. The average Bonchev–Trinajstić information content (AvgIpc) is 3.10. The normalized spacial score (nSPS) is 21.3. The topological polar surface area (TPSA) is 56.7 Å². The van der Waals surface area contributed by atoms with Gasteiger partial charge in [-0.25, -0.2) is 4.98 Å². The molecule has 4 rings (SSSR count). The average molecular weight is 369 g/mol. The van der Waals surface area contributed by atoms with Gasteiger partial charge in [0.1, 0.15) is 0 Å². The van der Waals surface area contributed by atoms with E-state index in [0.717, 1.165) is 56.9 Å². The van der Waals surface area contributed by atoms with Gasteiger partial charge >= 0.3 is 0 Å². The predicted molar refractivity (Wildman–Crippen MR) is 101 cm³/mol. The summed E-state index contributed by atoms with van der Waals surface area (Å²) in [4.78, 5) is 11.0. The first-order valence-electron chi connectivity index (χ1n) is 9.61. The number of methoxy groups -OCH3 is 1. The number of nitrogens with zero attached hydrogens (tertiary/aromatic N) is 3. The highest BCUT2D eigenvalue weighted by Gasteiger charge is 2.52. The van der Waals surface area contributed by atoms with Gasteiger partial charge in [0.05, 0.1) is 25.0 Å². The summed E-state index contributed by atoms with van der Waals surface area (Å²) in [5, 5.41) is 0. The summed E-state index contributed by atoms with van der Waals surface area (Å²) in [6, 6.07) is 9.95. The fraction of sp³-hybridized carbons (Fsp3) is 0.524. The van der Waals surface area contributed by atoms with Gasteiger partial charge in [0.2, 0.25) is 5.88 Å². The van der Waals surface area contributed by atoms with Crippen molar-refractivity contribution < 1.29 is 14.2 Å². The Bertz CT molecular complexity index is 734. The fourth-order valence-corrected chi connectivity index (χ4v) is 4.22. The fourth-order valence-electron chi connectivity index (χ4n) is 4.22. The van der Waals surface area contributed by atoms with E-state index in [-0.39, 0.29) is 5.60 Å². The van der Waals surface area contributed by atoms with Crippen molar-refractivity contribution in [3.8, 4) is 5.88 Å². The Balaban J connectivity index is 1.24. The van der Waals surface area contributed by atoms with Crippen LogP contribution >= 0.6 is 0 Å². The molecule has 2 aromatic rings. The molecule has 2 fully saturated rings. The number of pyridine rings is 2. The Kier molecular flexibility index (Phi) is 5.66. The lowest BCUT2D eigenvalue weighted by Crippen LogP contribution is -2.64. The van der Waals surface area contributed by atoms with Gasteiger partial charge in [-0.05, 0) is 37.0 Å². The molecule has 0 N–H and O–H groups in total. The lowest BCUT2D eigenvalue weighted by Gasteiger charge is -2.50. The van der Waals surface area contributed by atoms with Gasteiger partial charge in [-0.3, -0.25) is 9.88 Å². The van der Waals surface area contributed by atoms with Crippen LogP contribution < -0.4 is 4.74 Å². The van der Waals surface area contributed by atoms with Crippen LogP contribution in [0.15, 0.2) is 42.7 Å². The van der Waals surface area contributed by atoms with E-state index in [1.165, 1.54) is 0 Å². The van der Waals surface area contributed by atoms with Gasteiger partial charge < -0.3 is 14.2 Å². The SMILES string of the molecule is COc1ncccc1CN1CC2(C1)OCC[C@@H]2CCOCc1ccccn1. The molecule has 1 spiro atoms. The number of likely N-dealkylation sites (tertiary alicyclic amines) is 1. The lowest BCUT2D eigenvalue weighted by atomic mass is 9.79. The molecule has 0 amide bonds. The standard InChI is InChI=1S/C21H27N3O3/c1-25-20-17(5-4-10-23-20)13-24-15-21(16-24)18(8-12-27-21)7-11-26-14-19-6-2-3-9-22-19/h2-6,9-10,18H,7-8,11-16H2,1H3/t18-/m0/s1. The van der Waals surface area contributed by atoms with E-state index < -0.39 is 0 Å². The third-order valence-electron chi connectivity index (χ3n) is 5.61. The van der Waals surface area contributed by atoms with Gasteiger partial charge in [-0.2, -0.15) is 0 Å². The van der Waals surface area contributed by atoms with Crippen molar-refractivity contribution in [2.45, 2.75) is 31.6 Å². The molecule has 6 heteroatoms. The first-order valence-corrected chi connectivity index (χ1v) is 9.61. The molecular formula is C21H27N3O3. The summed E-state index contributed by atoms with van der Waals surface area (Å²) in [5.74, 6) is 1.28. The molecule has 2 aromatic heterocycles. The molecule has 6 nitrogen and oxygen atoms in total. The molecule has 0 saturated carbocycles. The summed E-state index contributed by atoms with van der Waals surface area (Å²) < 4.78 is 17.4. The molecule has 4 heterocycles. The quantitative estimate of drug-likeness (QED) is 0.667. The van der Waals surface area contributed by atoms with E-state index in [2.05, 4.69) is 20.9 Å². The maximum absolute atomic E-state index is 6.17. The van der Waals surface area contributed by atoms with E-state index in [1.54, 1.807) is 19.5 Å². The summed E-state index contributed by atoms with van der Waals surface area (Å²) >= 11 is 0. The van der Waals surface area contributed by atoms with Gasteiger partial charge in [-0.15, -0.1) is 0 Å². The molecule has 0 radical (unpaired) electrons. The highest BCUT2D eigenvalue weighted by atomic mass is 16.5. The van der Waals surface area contributed by atoms with Crippen LogP contribution in [0.3, 0.4) is 0 Å². The molecule has 2 aliphatic heterocycles. The molecule has 27 heavy (non-hydrogen) atoms. The summed E-state index contributed by atoms with van der Waals surface area (Å²) in [5.41, 5.74) is 2.11. The number of aromatic nitrogens is 2. The number of rotatable bonds is 8. The predicted octanol–water partition coefficient (Wildman–Crippen LogP) is 2.68. The van der Waals surface area contributed by atoms with Crippen molar-refractivity contribution in [2.24, 2.45) is 5.92 Å². The number of hydrogen-bond acceptors (Lipinski definition) is 6. The van der Waals surface area contributed by atoms with Crippen LogP contribution in [-0.2, 0) is 22.6 Å². The maximum Gasteiger partial charge on any atom is 0.217 e. The molecule has 0 aliphatic carbocycles. The van der Waals surface area contributed by atoms with Crippen LogP contribution in [0.1, 0.15) is 24.1 Å². The van der Waals surface area contributed by atoms with Crippen molar-refractivity contribution in [3.05, 3.63) is 54.0 Å². The molecule has 0 unspecified atom stereocenters. The Morgan fingerprint density at radius 2 is 2.07 bits per heavy atom.